The van der Waals surface area contributed by atoms with Gasteiger partial charge in [0.05, 0.1) is 11.1 Å². The van der Waals surface area contributed by atoms with Crippen LogP contribution in [-0.4, -0.2) is 16.9 Å². The number of hydrogen-bond donors (Lipinski definition) is 1. The summed E-state index contributed by atoms with van der Waals surface area (Å²) >= 11 is 0. The number of aromatic carboxylic acids is 1. The summed E-state index contributed by atoms with van der Waals surface area (Å²) in [4.78, 5) is 22.5. The standard InChI is InChI=1S/C16H14O4/c1-11(17)14-9-13(16(18)19)7-8-15(14)20-10-12-5-3-2-4-6-12/h2-9H,10H2,1H3,(H,18,19). The van der Waals surface area contributed by atoms with Crippen LogP contribution in [0.3, 0.4) is 0 Å². The molecule has 4 nitrogen and oxygen atoms in total. The second-order valence-corrected chi connectivity index (χ2v) is 4.35. The molecule has 0 aliphatic rings. The Balaban J connectivity index is 2.23. The Kier molecular flexibility index (Phi) is 4.15. The van der Waals surface area contributed by atoms with E-state index in [0.29, 0.717) is 12.4 Å². The maximum atomic E-state index is 11.6. The zero-order valence-electron chi connectivity index (χ0n) is 11.0. The molecule has 0 unspecified atom stereocenters. The molecule has 0 heterocycles. The third-order valence-electron chi connectivity index (χ3n) is 2.84. The summed E-state index contributed by atoms with van der Waals surface area (Å²) in [5.74, 6) is -0.898. The molecule has 20 heavy (non-hydrogen) atoms. The van der Waals surface area contributed by atoms with Crippen molar-refractivity contribution in [3.63, 3.8) is 0 Å². The highest BCUT2D eigenvalue weighted by molar-refractivity contribution is 5.99. The average molecular weight is 270 g/mol. The first-order valence-corrected chi connectivity index (χ1v) is 6.13. The molecule has 2 aromatic rings. The van der Waals surface area contributed by atoms with Crippen LogP contribution in [0.15, 0.2) is 48.5 Å². The SMILES string of the molecule is CC(=O)c1cc(C(=O)O)ccc1OCc1ccccc1. The smallest absolute Gasteiger partial charge is 0.335 e. The molecular weight excluding hydrogens is 256 g/mol. The largest absolute Gasteiger partial charge is 0.488 e. The van der Waals surface area contributed by atoms with Crippen LogP contribution in [0.5, 0.6) is 5.75 Å². The first-order chi connectivity index (χ1) is 9.58. The maximum absolute atomic E-state index is 11.6. The van der Waals surface area contributed by atoms with E-state index in [2.05, 4.69) is 0 Å². The molecule has 1 N–H and O–H groups in total. The Hall–Kier alpha value is -2.62. The van der Waals surface area contributed by atoms with Gasteiger partial charge < -0.3 is 9.84 Å². The zero-order chi connectivity index (χ0) is 14.5. The Morgan fingerprint density at radius 1 is 1.10 bits per heavy atom. The normalized spacial score (nSPS) is 10.1. The second-order valence-electron chi connectivity index (χ2n) is 4.35. The molecule has 0 aliphatic heterocycles. The van der Waals surface area contributed by atoms with Gasteiger partial charge in [0.1, 0.15) is 12.4 Å². The van der Waals surface area contributed by atoms with Gasteiger partial charge in [0.2, 0.25) is 0 Å². The third kappa shape index (κ3) is 3.23. The van der Waals surface area contributed by atoms with E-state index >= 15 is 0 Å². The molecule has 0 aromatic heterocycles. The van der Waals surface area contributed by atoms with Gasteiger partial charge in [-0.2, -0.15) is 0 Å². The second kappa shape index (κ2) is 6.02. The highest BCUT2D eigenvalue weighted by Crippen LogP contribution is 2.22. The Bertz CT molecular complexity index is 632. The lowest BCUT2D eigenvalue weighted by Crippen LogP contribution is -2.05. The van der Waals surface area contributed by atoms with E-state index in [-0.39, 0.29) is 16.9 Å². The molecule has 102 valence electrons. The number of benzene rings is 2. The van der Waals surface area contributed by atoms with Crippen molar-refractivity contribution in [3.05, 3.63) is 65.2 Å². The summed E-state index contributed by atoms with van der Waals surface area (Å²) < 4.78 is 5.61. The highest BCUT2D eigenvalue weighted by Gasteiger charge is 2.13. The van der Waals surface area contributed by atoms with Gasteiger partial charge in [-0.1, -0.05) is 30.3 Å². The van der Waals surface area contributed by atoms with E-state index in [1.54, 1.807) is 0 Å². The van der Waals surface area contributed by atoms with E-state index in [4.69, 9.17) is 9.84 Å². The van der Waals surface area contributed by atoms with Crippen LogP contribution in [0, 0.1) is 0 Å². The fourth-order valence-corrected chi connectivity index (χ4v) is 1.80. The summed E-state index contributed by atoms with van der Waals surface area (Å²) in [6.45, 7) is 1.71. The van der Waals surface area contributed by atoms with Crippen LogP contribution in [0.4, 0.5) is 0 Å². The van der Waals surface area contributed by atoms with Crippen molar-refractivity contribution in [2.45, 2.75) is 13.5 Å². The topological polar surface area (TPSA) is 63.6 Å². The van der Waals surface area contributed by atoms with Crippen LogP contribution in [-0.2, 0) is 6.61 Å². The molecule has 0 saturated carbocycles. The molecule has 0 bridgehead atoms. The Labute approximate surface area is 116 Å². The quantitative estimate of drug-likeness (QED) is 0.847. The Morgan fingerprint density at radius 2 is 1.80 bits per heavy atom. The van der Waals surface area contributed by atoms with Crippen LogP contribution in [0.1, 0.15) is 33.2 Å². The predicted molar refractivity (Wildman–Crippen MR) is 74.2 cm³/mol. The number of carboxylic acid groups (broad SMARTS) is 1. The third-order valence-corrected chi connectivity index (χ3v) is 2.84. The number of ether oxygens (including phenoxy) is 1. The summed E-state index contributed by atoms with van der Waals surface area (Å²) in [6, 6.07) is 13.8. The highest BCUT2D eigenvalue weighted by atomic mass is 16.5. The molecule has 0 spiro atoms. The molecule has 2 aromatic carbocycles. The molecule has 4 heteroatoms. The number of ketones is 1. The van der Waals surface area contributed by atoms with E-state index < -0.39 is 5.97 Å². The van der Waals surface area contributed by atoms with Crippen molar-refractivity contribution in [3.8, 4) is 5.75 Å². The zero-order valence-corrected chi connectivity index (χ0v) is 11.0. The number of carbonyl (C=O) groups is 2. The minimum absolute atomic E-state index is 0.0715. The van der Waals surface area contributed by atoms with Crippen molar-refractivity contribution in [1.29, 1.82) is 0 Å². The molecular formula is C16H14O4. The van der Waals surface area contributed by atoms with Crippen LogP contribution >= 0.6 is 0 Å². The molecule has 0 aliphatic carbocycles. The van der Waals surface area contributed by atoms with Gasteiger partial charge in [-0.3, -0.25) is 4.79 Å². The van der Waals surface area contributed by atoms with Crippen LogP contribution < -0.4 is 4.74 Å². The van der Waals surface area contributed by atoms with Crippen molar-refractivity contribution < 1.29 is 19.4 Å². The lowest BCUT2D eigenvalue weighted by atomic mass is 10.1. The van der Waals surface area contributed by atoms with Crippen molar-refractivity contribution >= 4 is 11.8 Å². The van der Waals surface area contributed by atoms with Gasteiger partial charge in [0.25, 0.3) is 0 Å². The van der Waals surface area contributed by atoms with Gasteiger partial charge in [-0.05, 0) is 30.7 Å². The van der Waals surface area contributed by atoms with Gasteiger partial charge in [-0.15, -0.1) is 0 Å². The molecule has 0 saturated heterocycles. The maximum Gasteiger partial charge on any atom is 0.335 e. The summed E-state index contributed by atoms with van der Waals surface area (Å²) in [5, 5.41) is 8.94. The van der Waals surface area contributed by atoms with E-state index in [9.17, 15) is 9.59 Å². The number of carboxylic acids is 1. The van der Waals surface area contributed by atoms with Crippen LogP contribution in [0.25, 0.3) is 0 Å². The fourth-order valence-electron chi connectivity index (χ4n) is 1.80. The first-order valence-electron chi connectivity index (χ1n) is 6.13. The minimum atomic E-state index is -1.07. The number of carbonyl (C=O) groups excluding carboxylic acids is 1. The number of rotatable bonds is 5. The predicted octanol–water partition coefficient (Wildman–Crippen LogP) is 3.17. The minimum Gasteiger partial charge on any atom is -0.488 e. The van der Waals surface area contributed by atoms with Crippen molar-refractivity contribution in [2.24, 2.45) is 0 Å². The molecule has 2 rings (SSSR count). The van der Waals surface area contributed by atoms with Gasteiger partial charge in [0.15, 0.2) is 5.78 Å². The fraction of sp³-hybridized carbons (Fsp3) is 0.125. The Morgan fingerprint density at radius 3 is 2.40 bits per heavy atom. The van der Waals surface area contributed by atoms with Crippen molar-refractivity contribution in [2.75, 3.05) is 0 Å². The van der Waals surface area contributed by atoms with Crippen LogP contribution in [0.2, 0.25) is 0 Å². The summed E-state index contributed by atoms with van der Waals surface area (Å²) in [6.07, 6.45) is 0. The van der Waals surface area contributed by atoms with E-state index in [1.165, 1.54) is 25.1 Å². The number of Topliss-reactive ketones (excluding diaryl/α,β-unsaturated/α-hetero) is 1. The van der Waals surface area contributed by atoms with E-state index in [1.807, 2.05) is 30.3 Å². The summed E-state index contributed by atoms with van der Waals surface area (Å²) in [7, 11) is 0. The van der Waals surface area contributed by atoms with Gasteiger partial charge >= 0.3 is 5.97 Å². The summed E-state index contributed by atoms with van der Waals surface area (Å²) in [5.41, 5.74) is 1.33. The monoisotopic (exact) mass is 270 g/mol. The van der Waals surface area contributed by atoms with E-state index in [0.717, 1.165) is 5.56 Å². The molecule has 0 atom stereocenters. The van der Waals surface area contributed by atoms with Gasteiger partial charge in [0, 0.05) is 0 Å². The average Bonchev–Trinajstić information content (AvgIpc) is 2.45. The van der Waals surface area contributed by atoms with Crippen molar-refractivity contribution in [1.82, 2.24) is 0 Å². The van der Waals surface area contributed by atoms with Gasteiger partial charge in [-0.25, -0.2) is 4.79 Å². The lowest BCUT2D eigenvalue weighted by Gasteiger charge is -2.10. The molecule has 0 amide bonds. The molecule has 0 fully saturated rings. The number of hydrogen-bond acceptors (Lipinski definition) is 3. The first kappa shape index (κ1) is 13.8. The lowest BCUT2D eigenvalue weighted by molar-refractivity contribution is 0.0697. The molecule has 0 radical (unpaired) electrons.